The number of ether oxygens (including phenoxy) is 2. The van der Waals surface area contributed by atoms with Crippen LogP contribution in [-0.4, -0.2) is 28.9 Å². The normalized spacial score (nSPS) is 16.1. The molecule has 0 aliphatic carbocycles. The maximum Gasteiger partial charge on any atom is 0.269 e. The largest absolute Gasteiger partial charge is 0.477 e. The average Bonchev–Trinajstić information content (AvgIpc) is 3.14. The Morgan fingerprint density at radius 2 is 1.85 bits per heavy atom. The van der Waals surface area contributed by atoms with Crippen LogP contribution in [0, 0.1) is 17.0 Å². The molecule has 0 spiro atoms. The first-order chi connectivity index (χ1) is 16.4. The number of hydrogen-bond donors (Lipinski definition) is 0. The van der Waals surface area contributed by atoms with Gasteiger partial charge in [-0.1, -0.05) is 23.7 Å². The quantitative estimate of drug-likeness (QED) is 0.272. The molecular formula is C26H21ClN2O5. The van der Waals surface area contributed by atoms with Crippen LogP contribution < -0.4 is 9.47 Å². The Bertz CT molecular complexity index is 1320. The van der Waals surface area contributed by atoms with E-state index in [9.17, 15) is 14.9 Å². The molecule has 2 heterocycles. The number of hydrogen-bond acceptors (Lipinski definition) is 6. The van der Waals surface area contributed by atoms with Crippen LogP contribution in [0.25, 0.3) is 6.08 Å². The molecule has 0 saturated heterocycles. The van der Waals surface area contributed by atoms with Gasteiger partial charge in [0.1, 0.15) is 18.2 Å². The zero-order valence-corrected chi connectivity index (χ0v) is 19.2. The molecule has 0 bridgehead atoms. The number of rotatable bonds is 5. The van der Waals surface area contributed by atoms with Crippen LogP contribution in [-0.2, 0) is 13.0 Å². The second kappa shape index (κ2) is 8.93. The lowest BCUT2D eigenvalue weighted by Crippen LogP contribution is -2.34. The number of fused-ring (bicyclic) bond motifs is 2. The molecular weight excluding hydrogens is 456 g/mol. The van der Waals surface area contributed by atoms with Crippen molar-refractivity contribution in [3.63, 3.8) is 0 Å². The van der Waals surface area contributed by atoms with Crippen molar-refractivity contribution in [3.05, 3.63) is 103 Å². The number of nitrogens with zero attached hydrogens (tertiary/aromatic N) is 2. The third-order valence-corrected chi connectivity index (χ3v) is 6.29. The number of ketones is 1. The standard InChI is InChI=1S/C26H21ClN2O5/c1-16-25-19(14-28(15-33-25)11-10-17-2-6-20(27)7-3-17)13-22-24(30)23(34-26(16)22)12-18-4-8-21(9-5-18)29(31)32/h2-9,12-13H,10-11,14-15H2,1H3/b23-12-. The van der Waals surface area contributed by atoms with Gasteiger partial charge in [-0.05, 0) is 60.9 Å². The summed E-state index contributed by atoms with van der Waals surface area (Å²) in [5.74, 6) is 1.24. The van der Waals surface area contributed by atoms with E-state index in [1.165, 1.54) is 17.7 Å². The monoisotopic (exact) mass is 476 g/mol. The molecule has 34 heavy (non-hydrogen) atoms. The number of halogens is 1. The van der Waals surface area contributed by atoms with Crippen LogP contribution in [0.1, 0.15) is 32.6 Å². The lowest BCUT2D eigenvalue weighted by Gasteiger charge is -2.30. The van der Waals surface area contributed by atoms with E-state index in [4.69, 9.17) is 21.1 Å². The molecule has 0 unspecified atom stereocenters. The Hall–Kier alpha value is -3.68. The van der Waals surface area contributed by atoms with Crippen molar-refractivity contribution in [3.8, 4) is 11.5 Å². The van der Waals surface area contributed by atoms with Crippen molar-refractivity contribution >= 4 is 29.1 Å². The van der Waals surface area contributed by atoms with E-state index < -0.39 is 4.92 Å². The molecule has 0 fully saturated rings. The Morgan fingerprint density at radius 1 is 1.12 bits per heavy atom. The zero-order valence-electron chi connectivity index (χ0n) is 18.4. The maximum absolute atomic E-state index is 13.1. The highest BCUT2D eigenvalue weighted by Crippen LogP contribution is 2.43. The zero-order chi connectivity index (χ0) is 23.8. The summed E-state index contributed by atoms with van der Waals surface area (Å²) in [6.07, 6.45) is 2.47. The second-order valence-corrected chi connectivity index (χ2v) is 8.79. The number of nitro benzene ring substituents is 1. The van der Waals surface area contributed by atoms with E-state index in [2.05, 4.69) is 4.90 Å². The molecule has 0 atom stereocenters. The molecule has 3 aromatic rings. The first-order valence-electron chi connectivity index (χ1n) is 10.8. The fraction of sp³-hybridized carbons (Fsp3) is 0.192. The Kier molecular flexibility index (Phi) is 5.81. The third kappa shape index (κ3) is 4.27. The van der Waals surface area contributed by atoms with Gasteiger partial charge >= 0.3 is 0 Å². The Balaban J connectivity index is 1.34. The predicted molar refractivity (Wildman–Crippen MR) is 128 cm³/mol. The Morgan fingerprint density at radius 3 is 2.56 bits per heavy atom. The molecule has 0 N–H and O–H groups in total. The van der Waals surface area contributed by atoms with Crippen molar-refractivity contribution in [2.45, 2.75) is 19.9 Å². The summed E-state index contributed by atoms with van der Waals surface area (Å²) in [6.45, 7) is 3.83. The number of allylic oxidation sites excluding steroid dienone is 1. The van der Waals surface area contributed by atoms with E-state index in [1.54, 1.807) is 18.2 Å². The highest BCUT2D eigenvalue weighted by Gasteiger charge is 2.33. The molecule has 5 rings (SSSR count). The SMILES string of the molecule is Cc1c2c(cc3c1O/C(=C\c1ccc([N+](=O)[O-])cc1)C3=O)CN(CCc1ccc(Cl)cc1)CO2. The summed E-state index contributed by atoms with van der Waals surface area (Å²) < 4.78 is 12.0. The van der Waals surface area contributed by atoms with Gasteiger partial charge in [0, 0.05) is 41.4 Å². The molecule has 172 valence electrons. The van der Waals surface area contributed by atoms with Crippen molar-refractivity contribution < 1.29 is 19.2 Å². The van der Waals surface area contributed by atoms with E-state index in [-0.39, 0.29) is 17.2 Å². The van der Waals surface area contributed by atoms with Crippen LogP contribution >= 0.6 is 11.6 Å². The summed E-state index contributed by atoms with van der Waals surface area (Å²) in [5.41, 5.74) is 4.09. The summed E-state index contributed by atoms with van der Waals surface area (Å²) in [4.78, 5) is 25.7. The fourth-order valence-electron chi connectivity index (χ4n) is 4.22. The fourth-order valence-corrected chi connectivity index (χ4v) is 4.35. The molecule has 7 nitrogen and oxygen atoms in total. The molecule has 0 radical (unpaired) electrons. The number of benzene rings is 3. The van der Waals surface area contributed by atoms with E-state index in [1.807, 2.05) is 37.3 Å². The molecule has 0 saturated carbocycles. The Labute approximate surface area is 201 Å². The van der Waals surface area contributed by atoms with Crippen LogP contribution in [0.15, 0.2) is 60.4 Å². The number of Topliss-reactive ketones (excluding diaryl/α,β-unsaturated/α-hetero) is 1. The molecule has 2 aliphatic heterocycles. The lowest BCUT2D eigenvalue weighted by atomic mass is 10.00. The van der Waals surface area contributed by atoms with E-state index in [0.717, 1.165) is 34.9 Å². The molecule has 3 aromatic carbocycles. The average molecular weight is 477 g/mol. The van der Waals surface area contributed by atoms with Gasteiger partial charge in [0.05, 0.1) is 10.5 Å². The van der Waals surface area contributed by atoms with Gasteiger partial charge in [-0.15, -0.1) is 0 Å². The highest BCUT2D eigenvalue weighted by molar-refractivity contribution is 6.30. The van der Waals surface area contributed by atoms with Gasteiger partial charge in [-0.25, -0.2) is 0 Å². The smallest absolute Gasteiger partial charge is 0.269 e. The van der Waals surface area contributed by atoms with Crippen LogP contribution in [0.2, 0.25) is 5.02 Å². The minimum Gasteiger partial charge on any atom is -0.477 e. The lowest BCUT2D eigenvalue weighted by molar-refractivity contribution is -0.384. The van der Waals surface area contributed by atoms with E-state index in [0.29, 0.717) is 30.2 Å². The first kappa shape index (κ1) is 22.1. The van der Waals surface area contributed by atoms with Crippen LogP contribution in [0.5, 0.6) is 11.5 Å². The van der Waals surface area contributed by atoms with Crippen molar-refractivity contribution in [1.29, 1.82) is 0 Å². The molecule has 0 amide bonds. The maximum atomic E-state index is 13.1. The van der Waals surface area contributed by atoms with Gasteiger partial charge in [0.15, 0.2) is 5.76 Å². The molecule has 8 heteroatoms. The van der Waals surface area contributed by atoms with E-state index >= 15 is 0 Å². The van der Waals surface area contributed by atoms with Crippen LogP contribution in [0.4, 0.5) is 5.69 Å². The number of non-ortho nitro benzene ring substituents is 1. The number of carbonyl (C=O) groups is 1. The molecule has 2 aliphatic rings. The number of nitro groups is 1. The summed E-state index contributed by atoms with van der Waals surface area (Å²) in [7, 11) is 0. The third-order valence-electron chi connectivity index (χ3n) is 6.03. The minimum atomic E-state index is -0.462. The van der Waals surface area contributed by atoms with Crippen molar-refractivity contribution in [2.75, 3.05) is 13.3 Å². The van der Waals surface area contributed by atoms with Gasteiger partial charge in [-0.2, -0.15) is 0 Å². The summed E-state index contributed by atoms with van der Waals surface area (Å²) in [6, 6.07) is 15.6. The second-order valence-electron chi connectivity index (χ2n) is 8.36. The number of carbonyl (C=O) groups excluding carboxylic acids is 1. The highest BCUT2D eigenvalue weighted by atomic mass is 35.5. The van der Waals surface area contributed by atoms with Crippen LogP contribution in [0.3, 0.4) is 0 Å². The topological polar surface area (TPSA) is 81.9 Å². The summed E-state index contributed by atoms with van der Waals surface area (Å²) >= 11 is 5.97. The van der Waals surface area contributed by atoms with Gasteiger partial charge in [-0.3, -0.25) is 19.8 Å². The minimum absolute atomic E-state index is 0.00890. The molecule has 0 aromatic heterocycles. The van der Waals surface area contributed by atoms with Crippen molar-refractivity contribution in [2.24, 2.45) is 0 Å². The van der Waals surface area contributed by atoms with Crippen molar-refractivity contribution in [1.82, 2.24) is 4.90 Å². The van der Waals surface area contributed by atoms with Gasteiger partial charge in [0.2, 0.25) is 5.78 Å². The van der Waals surface area contributed by atoms with Gasteiger partial charge in [0.25, 0.3) is 5.69 Å². The summed E-state index contributed by atoms with van der Waals surface area (Å²) in [5, 5.41) is 11.6. The van der Waals surface area contributed by atoms with Gasteiger partial charge < -0.3 is 9.47 Å². The predicted octanol–water partition coefficient (Wildman–Crippen LogP) is 5.57. The first-order valence-corrected chi connectivity index (χ1v) is 11.2.